The summed E-state index contributed by atoms with van der Waals surface area (Å²) in [6.07, 6.45) is 27.5. The molecule has 8 aliphatic rings. The molecule has 8 aliphatic carbocycles. The van der Waals surface area contributed by atoms with Gasteiger partial charge in [-0.25, -0.2) is 0 Å². The molecule has 0 saturated heterocycles. The van der Waals surface area contributed by atoms with Crippen molar-refractivity contribution in [2.45, 2.75) is 223 Å². The lowest BCUT2D eigenvalue weighted by Crippen LogP contribution is -2.57. The first-order valence-corrected chi connectivity index (χ1v) is 26.3. The Labute approximate surface area is 369 Å². The van der Waals surface area contributed by atoms with E-state index in [0.717, 1.165) is 122 Å². The van der Waals surface area contributed by atoms with Crippen molar-refractivity contribution in [3.63, 3.8) is 0 Å². The Morgan fingerprint density at radius 1 is 0.500 bits per heavy atom. The van der Waals surface area contributed by atoms with Crippen LogP contribution in [0.2, 0.25) is 0 Å². The molecule has 60 heavy (non-hydrogen) atoms. The van der Waals surface area contributed by atoms with Gasteiger partial charge in [-0.05, 0) is 195 Å². The third-order valence-corrected chi connectivity index (χ3v) is 21.6. The number of aliphatic hydroxyl groups excluding tert-OH is 2. The highest BCUT2D eigenvalue weighted by molar-refractivity contribution is 5.89. The Morgan fingerprint density at radius 3 is 1.20 bits per heavy atom. The number of hydrazone groups is 2. The lowest BCUT2D eigenvalue weighted by Gasteiger charge is -2.61. The lowest BCUT2D eigenvalue weighted by molar-refractivity contribution is -0.0939. The fourth-order valence-electron chi connectivity index (χ4n) is 18.4. The first-order valence-electron chi connectivity index (χ1n) is 26.3. The van der Waals surface area contributed by atoms with Crippen LogP contribution in [0.5, 0.6) is 0 Å². The normalized spacial score (nSPS) is 48.3. The maximum Gasteiger partial charge on any atom is 0.0547 e. The van der Waals surface area contributed by atoms with E-state index >= 15 is 0 Å². The average Bonchev–Trinajstić information content (AvgIpc) is 3.75. The molecular weight excluding hydrogens is 737 g/mol. The van der Waals surface area contributed by atoms with Gasteiger partial charge in [-0.2, -0.15) is 10.2 Å². The maximum atomic E-state index is 10.4. The van der Waals surface area contributed by atoms with E-state index in [0.29, 0.717) is 33.5 Å². The Hall–Kier alpha value is -1.14. The summed E-state index contributed by atoms with van der Waals surface area (Å²) in [6, 6.07) is 0. The second-order valence-corrected chi connectivity index (χ2v) is 25.4. The van der Waals surface area contributed by atoms with Crippen LogP contribution in [0.1, 0.15) is 210 Å². The first kappa shape index (κ1) is 46.8. The molecule has 0 aromatic rings. The molecule has 8 saturated carbocycles. The monoisotopic (exact) mass is 833 g/mol. The Bertz CT molecular complexity index is 1400. The highest BCUT2D eigenvalue weighted by atomic mass is 16.3. The van der Waals surface area contributed by atoms with Crippen molar-refractivity contribution >= 4 is 11.4 Å². The predicted octanol–water partition coefficient (Wildman–Crippen LogP) is 12.8. The fourth-order valence-corrected chi connectivity index (χ4v) is 18.4. The van der Waals surface area contributed by atoms with Crippen LogP contribution in [0.4, 0.5) is 0 Å². The minimum absolute atomic E-state index is 0.159. The first-order chi connectivity index (χ1) is 28.4. The second-order valence-electron chi connectivity index (χ2n) is 25.4. The van der Waals surface area contributed by atoms with Crippen molar-refractivity contribution in [3.8, 4) is 0 Å². The number of nitrogens with zero attached hydrogens (tertiary/aromatic N) is 2. The average molecular weight is 833 g/mol. The van der Waals surface area contributed by atoms with Crippen molar-refractivity contribution in [1.29, 1.82) is 0 Å². The molecule has 0 heterocycles. The van der Waals surface area contributed by atoms with Gasteiger partial charge in [0.05, 0.1) is 12.2 Å². The van der Waals surface area contributed by atoms with Crippen LogP contribution in [0.15, 0.2) is 10.2 Å². The van der Waals surface area contributed by atoms with Crippen LogP contribution >= 0.6 is 0 Å². The molecule has 0 radical (unpaired) electrons. The molecule has 6 heteroatoms. The second kappa shape index (κ2) is 18.4. The van der Waals surface area contributed by atoms with Gasteiger partial charge in [0.1, 0.15) is 0 Å². The van der Waals surface area contributed by atoms with Gasteiger partial charge in [0.15, 0.2) is 0 Å². The number of aliphatic hydroxyl groups is 2. The van der Waals surface area contributed by atoms with Crippen molar-refractivity contribution in [1.82, 2.24) is 0 Å². The number of nitrogens with two attached hydrogens (primary N) is 2. The van der Waals surface area contributed by atoms with Crippen LogP contribution in [0.3, 0.4) is 0 Å². The summed E-state index contributed by atoms with van der Waals surface area (Å²) in [5.74, 6) is 22.7. The third kappa shape index (κ3) is 8.45. The van der Waals surface area contributed by atoms with Crippen LogP contribution in [-0.2, 0) is 0 Å². The zero-order valence-electron chi connectivity index (χ0n) is 40.7. The van der Waals surface area contributed by atoms with Gasteiger partial charge in [0, 0.05) is 23.3 Å². The highest BCUT2D eigenvalue weighted by Crippen LogP contribution is 2.70. The van der Waals surface area contributed by atoms with Gasteiger partial charge >= 0.3 is 0 Å². The quantitative estimate of drug-likeness (QED) is 0.129. The third-order valence-electron chi connectivity index (χ3n) is 21.6. The topological polar surface area (TPSA) is 117 Å². The molecule has 0 spiro atoms. The number of hydrogen-bond acceptors (Lipinski definition) is 6. The van der Waals surface area contributed by atoms with E-state index in [1.807, 2.05) is 0 Å². The largest absolute Gasteiger partial charge is 0.393 e. The van der Waals surface area contributed by atoms with Gasteiger partial charge in [0.2, 0.25) is 0 Å². The van der Waals surface area contributed by atoms with Gasteiger partial charge in [-0.15, -0.1) is 0 Å². The molecule has 8 fully saturated rings. The summed E-state index contributed by atoms with van der Waals surface area (Å²) < 4.78 is 0. The van der Waals surface area contributed by atoms with Crippen LogP contribution in [0, 0.1) is 105 Å². The molecule has 0 amide bonds. The molecule has 0 aromatic heterocycles. The van der Waals surface area contributed by atoms with Crippen molar-refractivity contribution < 1.29 is 10.2 Å². The zero-order valence-corrected chi connectivity index (χ0v) is 40.7. The Balaban J connectivity index is 0.000000181. The maximum absolute atomic E-state index is 10.4. The van der Waals surface area contributed by atoms with Gasteiger partial charge in [-0.1, -0.05) is 108 Å². The van der Waals surface area contributed by atoms with E-state index < -0.39 is 0 Å². The lowest BCUT2D eigenvalue weighted by atomic mass is 9.44. The predicted molar refractivity (Wildman–Crippen MR) is 252 cm³/mol. The SMILES string of the molecule is CC(C)CCC[C@H](C)[C@@H]1CC[C@H]2[C@H]3C/C(=N\N)[C@@H]4CC(O)CC[C@@]4(C)[C@H]3CC[C@@]21C.CC(C)CCC[C@H](C)[C@@H]1CC[C@H]2[C@H]3C/C(=N\N)[C@@H]4CC(O)CC[C@@]4(C)[C@H]3CC[C@@]21C. The van der Waals surface area contributed by atoms with E-state index in [-0.39, 0.29) is 12.2 Å². The Kier molecular flexibility index (Phi) is 14.4. The smallest absolute Gasteiger partial charge is 0.0547 e. The van der Waals surface area contributed by atoms with Gasteiger partial charge < -0.3 is 21.9 Å². The van der Waals surface area contributed by atoms with Crippen LogP contribution in [0.25, 0.3) is 0 Å². The highest BCUT2D eigenvalue weighted by Gasteiger charge is 2.63. The summed E-state index contributed by atoms with van der Waals surface area (Å²) in [5.41, 5.74) is 4.07. The summed E-state index contributed by atoms with van der Waals surface area (Å²) in [5, 5.41) is 29.4. The molecule has 2 unspecified atom stereocenters. The van der Waals surface area contributed by atoms with Crippen molar-refractivity contribution in [3.05, 3.63) is 0 Å². The Morgan fingerprint density at radius 2 is 0.850 bits per heavy atom. The molecule has 6 N–H and O–H groups in total. The van der Waals surface area contributed by atoms with Gasteiger partial charge in [-0.3, -0.25) is 0 Å². The molecule has 6 nitrogen and oxygen atoms in total. The number of fused-ring (bicyclic) bond motifs is 10. The van der Waals surface area contributed by atoms with Gasteiger partial charge in [0.25, 0.3) is 0 Å². The zero-order chi connectivity index (χ0) is 43.4. The summed E-state index contributed by atoms with van der Waals surface area (Å²) in [6.45, 7) is 24.9. The molecule has 18 atom stereocenters. The fraction of sp³-hybridized carbons (Fsp3) is 0.963. The minimum Gasteiger partial charge on any atom is -0.393 e. The number of rotatable bonds is 10. The van der Waals surface area contributed by atoms with E-state index in [2.05, 4.69) is 79.4 Å². The molecular formula is C54H96N4O2. The molecule has 0 aromatic carbocycles. The van der Waals surface area contributed by atoms with E-state index in [9.17, 15) is 10.2 Å². The summed E-state index contributed by atoms with van der Waals surface area (Å²) >= 11 is 0. The van der Waals surface area contributed by atoms with Crippen LogP contribution in [-0.4, -0.2) is 33.8 Å². The molecule has 344 valence electrons. The van der Waals surface area contributed by atoms with Crippen molar-refractivity contribution in [2.24, 2.45) is 126 Å². The van der Waals surface area contributed by atoms with Crippen LogP contribution < -0.4 is 11.7 Å². The minimum atomic E-state index is -0.159. The van der Waals surface area contributed by atoms with E-state index in [1.54, 1.807) is 0 Å². The number of hydrogen-bond donors (Lipinski definition) is 4. The van der Waals surface area contributed by atoms with E-state index in [1.165, 1.54) is 101 Å². The molecule has 0 bridgehead atoms. The summed E-state index contributed by atoms with van der Waals surface area (Å²) in [7, 11) is 0. The molecule has 8 rings (SSSR count). The van der Waals surface area contributed by atoms with Crippen molar-refractivity contribution in [2.75, 3.05) is 0 Å². The standard InChI is InChI=1S/2C27H48N2O/c2*1-17(2)7-6-8-18(3)21-9-10-22-20-16-25(29-28)24-15-19(30)11-13-27(24,5)23(20)12-14-26(21,22)4/h2*17-24,30H,6-16,28H2,1-5H3/b2*29-25+/t2*18-,19?,20+,21-,22-,23-,24-,26+,27-/m00/s1. The summed E-state index contributed by atoms with van der Waals surface area (Å²) in [4.78, 5) is 0. The molecule has 0 aliphatic heterocycles. The van der Waals surface area contributed by atoms with E-state index in [4.69, 9.17) is 11.7 Å².